The van der Waals surface area contributed by atoms with E-state index >= 15 is 0 Å². The van der Waals surface area contributed by atoms with E-state index in [9.17, 15) is 0 Å². The van der Waals surface area contributed by atoms with Gasteiger partial charge in [0.2, 0.25) is 0 Å². The Kier molecular flexibility index (Phi) is 15.8. The minimum absolute atomic E-state index is 0.729. The summed E-state index contributed by atoms with van der Waals surface area (Å²) in [6, 6.07) is 0. The maximum absolute atomic E-state index is 2.74. The predicted octanol–water partition coefficient (Wildman–Crippen LogP) is 4.50. The zero-order valence-corrected chi connectivity index (χ0v) is 20.6. The van der Waals surface area contributed by atoms with Crippen LogP contribution in [-0.4, -0.2) is 18.2 Å². The topological polar surface area (TPSA) is 0 Å². The van der Waals surface area contributed by atoms with Gasteiger partial charge in [-0.15, -0.1) is 0 Å². The van der Waals surface area contributed by atoms with E-state index in [4.69, 9.17) is 0 Å². The van der Waals surface area contributed by atoms with Crippen LogP contribution in [0.5, 0.6) is 0 Å². The molecule has 4 unspecified atom stereocenters. The normalized spacial score (nSPS) is 33.6. The van der Waals surface area contributed by atoms with Crippen molar-refractivity contribution < 1.29 is 18.4 Å². The molecule has 0 aromatic carbocycles. The van der Waals surface area contributed by atoms with E-state index < -0.39 is 18.4 Å². The van der Waals surface area contributed by atoms with Crippen molar-refractivity contribution >= 4 is 0 Å². The van der Waals surface area contributed by atoms with Gasteiger partial charge in [0.25, 0.3) is 0 Å². The van der Waals surface area contributed by atoms with Crippen LogP contribution in [0.25, 0.3) is 0 Å². The number of rotatable bonds is 8. The van der Waals surface area contributed by atoms with Crippen LogP contribution >= 0.6 is 0 Å². The molecule has 1 aliphatic heterocycles. The summed E-state index contributed by atoms with van der Waals surface area (Å²) in [5, 5.41) is 0. The molecule has 23 heavy (non-hydrogen) atoms. The predicted molar refractivity (Wildman–Crippen MR) is 109 cm³/mol. The Balaban J connectivity index is 0. The van der Waals surface area contributed by atoms with Crippen molar-refractivity contribution in [1.29, 1.82) is 0 Å². The Labute approximate surface area is 154 Å². The minimum atomic E-state index is -1.37. The second-order valence-electron chi connectivity index (χ2n) is 7.04. The molecule has 0 spiro atoms. The third kappa shape index (κ3) is 7.24. The summed E-state index contributed by atoms with van der Waals surface area (Å²) >= 11 is -1.37. The molecule has 1 rings (SSSR count). The van der Waals surface area contributed by atoms with Crippen LogP contribution in [-0.2, 0) is 0 Å². The van der Waals surface area contributed by atoms with Crippen molar-refractivity contribution in [3.05, 3.63) is 0 Å². The quantitative estimate of drug-likeness (QED) is 0.384. The third-order valence-corrected chi connectivity index (χ3v) is 16.0. The Morgan fingerprint density at radius 1 is 1.00 bits per heavy atom. The Hall–Kier alpha value is 0.730. The van der Waals surface area contributed by atoms with Gasteiger partial charge in [0.1, 0.15) is 0 Å². The van der Waals surface area contributed by atoms with Crippen molar-refractivity contribution in [2.75, 3.05) is 18.2 Å². The summed E-state index contributed by atoms with van der Waals surface area (Å²) < 4.78 is 4.89. The van der Waals surface area contributed by atoms with Crippen molar-refractivity contribution in [3.8, 4) is 0 Å². The molecule has 0 bridgehead atoms. The summed E-state index contributed by atoms with van der Waals surface area (Å²) in [7, 11) is 0. The first-order valence-electron chi connectivity index (χ1n) is 10.6. The maximum atomic E-state index is 2.74. The van der Waals surface area contributed by atoms with E-state index in [0.717, 1.165) is 17.3 Å². The first kappa shape index (κ1) is 26.0. The number of unbranched alkanes of at least 4 members (excludes halogenated alkanes) is 1. The molecule has 146 valence electrons. The summed E-state index contributed by atoms with van der Waals surface area (Å²) in [6.07, 6.45) is 8.63. The van der Waals surface area contributed by atoms with E-state index in [0.29, 0.717) is 0 Å². The van der Waals surface area contributed by atoms with Crippen molar-refractivity contribution in [2.24, 2.45) is 17.3 Å². The molecule has 1 fully saturated rings. The Morgan fingerprint density at radius 2 is 1.57 bits per heavy atom. The van der Waals surface area contributed by atoms with Gasteiger partial charge in [0.15, 0.2) is 0 Å². The fourth-order valence-electron chi connectivity index (χ4n) is 4.35. The van der Waals surface area contributed by atoms with Crippen LogP contribution in [0.3, 0.4) is 0 Å². The SMILES string of the molecule is CC.CC.CCCCC(C)C1(CC)C[I-](C)(CC)CC1CCC. The Bertz CT molecular complexity index is 263. The van der Waals surface area contributed by atoms with E-state index in [1.807, 2.05) is 27.7 Å². The molecule has 0 nitrogen and oxygen atoms in total. The van der Waals surface area contributed by atoms with Crippen LogP contribution < -0.4 is 18.4 Å². The van der Waals surface area contributed by atoms with Crippen LogP contribution in [0.1, 0.15) is 101 Å². The zero-order chi connectivity index (χ0) is 18.5. The third-order valence-electron chi connectivity index (χ3n) is 5.86. The molecular formula is C22H50I-. The number of halogens is 1. The molecule has 0 amide bonds. The summed E-state index contributed by atoms with van der Waals surface area (Å²) in [6.45, 7) is 20.3. The van der Waals surface area contributed by atoms with Gasteiger partial charge >= 0.3 is 127 Å². The molecule has 0 N–H and O–H groups in total. The van der Waals surface area contributed by atoms with Gasteiger partial charge in [-0.2, -0.15) is 0 Å². The van der Waals surface area contributed by atoms with Gasteiger partial charge in [0, 0.05) is 0 Å². The fourth-order valence-corrected chi connectivity index (χ4v) is 15.0. The van der Waals surface area contributed by atoms with Crippen LogP contribution in [0.4, 0.5) is 0 Å². The first-order chi connectivity index (χ1) is 11.0. The van der Waals surface area contributed by atoms with Crippen molar-refractivity contribution in [3.63, 3.8) is 0 Å². The average molecular weight is 442 g/mol. The zero-order valence-electron chi connectivity index (χ0n) is 18.4. The first-order valence-corrected chi connectivity index (χ1v) is 17.3. The average Bonchev–Trinajstić information content (AvgIpc) is 2.90. The van der Waals surface area contributed by atoms with Crippen LogP contribution in [0.2, 0.25) is 0 Å². The van der Waals surface area contributed by atoms with Gasteiger partial charge in [-0.05, 0) is 0 Å². The number of hydrogen-bond donors (Lipinski definition) is 0. The molecular weight excluding hydrogens is 391 g/mol. The fraction of sp³-hybridized carbons (Fsp3) is 1.00. The molecule has 0 radical (unpaired) electrons. The molecule has 1 heterocycles. The summed E-state index contributed by atoms with van der Waals surface area (Å²) in [5.74, 6) is 2.03. The molecule has 1 saturated heterocycles. The second kappa shape index (κ2) is 14.0. The standard InChI is InChI=1S/C18H38I.2C2H6/c1-7-11-13-16(5)18(9-3)15-19(6,10-4)14-17(18)12-8-2;2*1-2/h16-17H,7-15H2,1-6H3;2*1-2H3/q-1;;. The van der Waals surface area contributed by atoms with Crippen LogP contribution in [0.15, 0.2) is 0 Å². The van der Waals surface area contributed by atoms with E-state index in [1.165, 1.54) is 38.5 Å². The molecule has 0 saturated carbocycles. The molecule has 1 heteroatoms. The molecule has 1 aliphatic rings. The van der Waals surface area contributed by atoms with Crippen LogP contribution in [0, 0.1) is 17.3 Å². The van der Waals surface area contributed by atoms with E-state index in [2.05, 4.69) is 39.5 Å². The summed E-state index contributed by atoms with van der Waals surface area (Å²) in [5.41, 5.74) is 0.729. The Morgan fingerprint density at radius 3 is 1.96 bits per heavy atom. The molecule has 0 aliphatic carbocycles. The van der Waals surface area contributed by atoms with Gasteiger partial charge in [-0.3, -0.25) is 0 Å². The van der Waals surface area contributed by atoms with Crippen molar-refractivity contribution in [1.82, 2.24) is 0 Å². The number of alkyl halides is 4. The van der Waals surface area contributed by atoms with Gasteiger partial charge in [0.05, 0.1) is 0 Å². The van der Waals surface area contributed by atoms with E-state index in [-0.39, 0.29) is 0 Å². The molecule has 0 aromatic heterocycles. The van der Waals surface area contributed by atoms with Gasteiger partial charge in [-0.1, -0.05) is 27.7 Å². The molecule has 0 aromatic rings. The summed E-state index contributed by atoms with van der Waals surface area (Å²) in [4.78, 5) is 2.74. The molecule has 4 atom stereocenters. The van der Waals surface area contributed by atoms with Gasteiger partial charge < -0.3 is 0 Å². The number of hydrogen-bond acceptors (Lipinski definition) is 0. The van der Waals surface area contributed by atoms with E-state index in [1.54, 1.807) is 13.3 Å². The van der Waals surface area contributed by atoms with Crippen molar-refractivity contribution in [2.45, 2.75) is 101 Å². The second-order valence-corrected chi connectivity index (χ2v) is 18.0. The van der Waals surface area contributed by atoms with Gasteiger partial charge in [-0.25, -0.2) is 0 Å². The monoisotopic (exact) mass is 441 g/mol.